The largest absolute Gasteiger partial charge is 0.522 e. The maximum Gasteiger partial charge on any atom is 0.522 e. The van der Waals surface area contributed by atoms with Crippen molar-refractivity contribution in [1.82, 2.24) is 0 Å². The third-order valence-corrected chi connectivity index (χ3v) is 0.833. The molecule has 0 heterocycles. The lowest BCUT2D eigenvalue weighted by molar-refractivity contribution is -0.339. The minimum atomic E-state index is -4.53. The van der Waals surface area contributed by atoms with Crippen molar-refractivity contribution >= 4 is 0 Å². The Balaban J connectivity index is 3.56. The summed E-state index contributed by atoms with van der Waals surface area (Å²) in [6.07, 6.45) is -3.77. The third-order valence-electron chi connectivity index (χ3n) is 0.833. The predicted molar refractivity (Wildman–Crippen MR) is 31.4 cm³/mol. The number of hydrogen-bond acceptors (Lipinski definition) is 1. The number of halogens is 3. The first-order chi connectivity index (χ1) is 4.45. The van der Waals surface area contributed by atoms with Crippen LogP contribution < -0.4 is 0 Å². The minimum absolute atomic E-state index is 0.208. The lowest BCUT2D eigenvalue weighted by Crippen LogP contribution is -2.20. The van der Waals surface area contributed by atoms with Crippen molar-refractivity contribution in [1.29, 1.82) is 0 Å². The van der Waals surface area contributed by atoms with E-state index in [1.54, 1.807) is 0 Å². The summed E-state index contributed by atoms with van der Waals surface area (Å²) in [6.45, 7) is 4.63. The maximum atomic E-state index is 11.4. The first-order valence-corrected chi connectivity index (χ1v) is 2.81. The quantitative estimate of drug-likeness (QED) is 0.567. The van der Waals surface area contributed by atoms with Gasteiger partial charge in [0, 0.05) is 0 Å². The molecule has 0 N–H and O–H groups in total. The van der Waals surface area contributed by atoms with Crippen molar-refractivity contribution in [2.45, 2.75) is 25.8 Å². The zero-order chi connectivity index (χ0) is 8.20. The molecule has 0 aliphatic rings. The lowest BCUT2D eigenvalue weighted by Gasteiger charge is -2.12. The molecule has 0 aromatic rings. The fourth-order valence-corrected chi connectivity index (χ4v) is 0.511. The van der Waals surface area contributed by atoms with E-state index in [2.05, 4.69) is 11.3 Å². The molecule has 1 unspecified atom stereocenters. The molecular weight excluding hydrogens is 145 g/mol. The standard InChI is InChI=1S/C6H9F3O/c1-3-4-5(2)10-6(7,8)9/h3,5H,1,4H2,2H3. The Morgan fingerprint density at radius 1 is 1.60 bits per heavy atom. The van der Waals surface area contributed by atoms with Gasteiger partial charge in [0.1, 0.15) is 0 Å². The van der Waals surface area contributed by atoms with Gasteiger partial charge in [0.15, 0.2) is 0 Å². The van der Waals surface area contributed by atoms with Crippen LogP contribution in [0.1, 0.15) is 13.3 Å². The molecule has 10 heavy (non-hydrogen) atoms. The van der Waals surface area contributed by atoms with E-state index in [4.69, 9.17) is 0 Å². The van der Waals surface area contributed by atoms with E-state index >= 15 is 0 Å². The molecule has 0 saturated heterocycles. The molecule has 4 heteroatoms. The average Bonchev–Trinajstić information content (AvgIpc) is 1.59. The fraction of sp³-hybridized carbons (Fsp3) is 0.667. The molecule has 1 atom stereocenters. The van der Waals surface area contributed by atoms with E-state index in [1.807, 2.05) is 0 Å². The summed E-state index contributed by atoms with van der Waals surface area (Å²) in [4.78, 5) is 0. The topological polar surface area (TPSA) is 9.23 Å². The van der Waals surface area contributed by atoms with Crippen LogP contribution in [0, 0.1) is 0 Å². The molecule has 0 aromatic carbocycles. The van der Waals surface area contributed by atoms with Gasteiger partial charge in [0.25, 0.3) is 0 Å². The second-order valence-electron chi connectivity index (χ2n) is 1.90. The number of ether oxygens (including phenoxy) is 1. The van der Waals surface area contributed by atoms with E-state index in [9.17, 15) is 13.2 Å². The molecule has 0 aliphatic carbocycles. The summed E-state index contributed by atoms with van der Waals surface area (Å²) in [5.41, 5.74) is 0. The number of alkyl halides is 3. The molecule has 60 valence electrons. The molecule has 0 saturated carbocycles. The predicted octanol–water partition coefficient (Wildman–Crippen LogP) is 2.49. The molecule has 0 aromatic heterocycles. The van der Waals surface area contributed by atoms with Crippen LogP contribution in [-0.2, 0) is 4.74 Å². The molecule has 0 spiro atoms. The van der Waals surface area contributed by atoms with E-state index in [-0.39, 0.29) is 6.42 Å². The van der Waals surface area contributed by atoms with Crippen LogP contribution in [0.25, 0.3) is 0 Å². The van der Waals surface area contributed by atoms with Crippen molar-refractivity contribution in [2.24, 2.45) is 0 Å². The monoisotopic (exact) mass is 154 g/mol. The van der Waals surface area contributed by atoms with Crippen molar-refractivity contribution in [3.63, 3.8) is 0 Å². The van der Waals surface area contributed by atoms with E-state index in [0.29, 0.717) is 0 Å². The second kappa shape index (κ2) is 3.61. The Labute approximate surface area is 57.5 Å². The zero-order valence-corrected chi connectivity index (χ0v) is 5.61. The van der Waals surface area contributed by atoms with Crippen LogP contribution >= 0.6 is 0 Å². The fourth-order valence-electron chi connectivity index (χ4n) is 0.511. The summed E-state index contributed by atoms with van der Waals surface area (Å²) >= 11 is 0. The summed E-state index contributed by atoms with van der Waals surface area (Å²) in [6, 6.07) is 0. The summed E-state index contributed by atoms with van der Waals surface area (Å²) in [7, 11) is 0. The number of rotatable bonds is 3. The third kappa shape index (κ3) is 5.62. The van der Waals surface area contributed by atoms with Crippen molar-refractivity contribution in [2.75, 3.05) is 0 Å². The van der Waals surface area contributed by atoms with Crippen LogP contribution in [0.5, 0.6) is 0 Å². The normalized spacial score (nSPS) is 14.8. The molecule has 0 amide bonds. The lowest BCUT2D eigenvalue weighted by atomic mass is 10.3. The minimum Gasteiger partial charge on any atom is -0.289 e. The Bertz CT molecular complexity index is 108. The van der Waals surface area contributed by atoms with Gasteiger partial charge in [0.05, 0.1) is 6.10 Å². The van der Waals surface area contributed by atoms with E-state index in [1.165, 1.54) is 13.0 Å². The smallest absolute Gasteiger partial charge is 0.289 e. The molecule has 0 aliphatic heterocycles. The van der Waals surface area contributed by atoms with Gasteiger partial charge in [-0.3, -0.25) is 4.74 Å². The summed E-state index contributed by atoms with van der Waals surface area (Å²) < 4.78 is 37.7. The highest BCUT2D eigenvalue weighted by molar-refractivity contribution is 4.70. The van der Waals surface area contributed by atoms with Gasteiger partial charge in [-0.25, -0.2) is 0 Å². The van der Waals surface area contributed by atoms with Crippen LogP contribution in [0.2, 0.25) is 0 Å². The first kappa shape index (κ1) is 9.49. The summed E-state index contributed by atoms with van der Waals surface area (Å²) in [5, 5.41) is 0. The average molecular weight is 154 g/mol. The van der Waals surface area contributed by atoms with Gasteiger partial charge in [-0.2, -0.15) is 0 Å². The highest BCUT2D eigenvalue weighted by Gasteiger charge is 2.31. The van der Waals surface area contributed by atoms with Crippen LogP contribution in [0.4, 0.5) is 13.2 Å². The van der Waals surface area contributed by atoms with E-state index < -0.39 is 12.5 Å². The Kier molecular flexibility index (Phi) is 3.42. The molecule has 1 nitrogen and oxygen atoms in total. The second-order valence-corrected chi connectivity index (χ2v) is 1.90. The molecule has 0 fully saturated rings. The number of hydrogen-bond donors (Lipinski definition) is 0. The van der Waals surface area contributed by atoms with Crippen LogP contribution in [-0.4, -0.2) is 12.5 Å². The zero-order valence-electron chi connectivity index (χ0n) is 5.61. The highest BCUT2D eigenvalue weighted by Crippen LogP contribution is 2.19. The van der Waals surface area contributed by atoms with Crippen molar-refractivity contribution in [3.8, 4) is 0 Å². The van der Waals surface area contributed by atoms with Gasteiger partial charge >= 0.3 is 6.36 Å². The maximum absolute atomic E-state index is 11.4. The van der Waals surface area contributed by atoms with Gasteiger partial charge in [-0.05, 0) is 13.3 Å². The first-order valence-electron chi connectivity index (χ1n) is 2.81. The Morgan fingerprint density at radius 2 is 2.10 bits per heavy atom. The van der Waals surface area contributed by atoms with Crippen molar-refractivity contribution in [3.05, 3.63) is 12.7 Å². The highest BCUT2D eigenvalue weighted by atomic mass is 19.4. The van der Waals surface area contributed by atoms with Crippen LogP contribution in [0.15, 0.2) is 12.7 Å². The van der Waals surface area contributed by atoms with Gasteiger partial charge in [0.2, 0.25) is 0 Å². The molecule has 0 bridgehead atoms. The SMILES string of the molecule is C=CCC(C)OC(F)(F)F. The van der Waals surface area contributed by atoms with E-state index in [0.717, 1.165) is 0 Å². The molecule has 0 radical (unpaired) electrons. The van der Waals surface area contributed by atoms with Gasteiger partial charge in [-0.1, -0.05) is 6.08 Å². The van der Waals surface area contributed by atoms with Gasteiger partial charge in [-0.15, -0.1) is 19.8 Å². The summed E-state index contributed by atoms with van der Waals surface area (Å²) in [5.74, 6) is 0. The van der Waals surface area contributed by atoms with Crippen molar-refractivity contribution < 1.29 is 17.9 Å². The van der Waals surface area contributed by atoms with Gasteiger partial charge < -0.3 is 0 Å². The van der Waals surface area contributed by atoms with Crippen LogP contribution in [0.3, 0.4) is 0 Å². The molecular formula is C6H9F3O. The molecule has 0 rings (SSSR count). The Morgan fingerprint density at radius 3 is 2.40 bits per heavy atom. The Hall–Kier alpha value is -0.510.